The third kappa shape index (κ3) is 4.75. The van der Waals surface area contributed by atoms with Crippen LogP contribution in [0, 0.1) is 13.8 Å². The van der Waals surface area contributed by atoms with Gasteiger partial charge in [0.1, 0.15) is 0 Å². The van der Waals surface area contributed by atoms with Gasteiger partial charge in [-0.15, -0.1) is 0 Å². The lowest BCUT2D eigenvalue weighted by Crippen LogP contribution is -2.26. The maximum Gasteiger partial charge on any atom is 0.253 e. The van der Waals surface area contributed by atoms with Gasteiger partial charge in [0.25, 0.3) is 5.91 Å². The predicted octanol–water partition coefficient (Wildman–Crippen LogP) is 1.28. The predicted molar refractivity (Wildman–Crippen MR) is 74.5 cm³/mol. The molecule has 0 atom stereocenters. The average Bonchev–Trinajstić information content (AvgIpc) is 2.31. The van der Waals surface area contributed by atoms with Crippen molar-refractivity contribution in [1.82, 2.24) is 15.5 Å². The Kier molecular flexibility index (Phi) is 5.64. The number of aryl methyl sites for hydroxylation is 2. The number of nitrogens with zero attached hydrogens (tertiary/aromatic N) is 2. The number of hydrogen-bond donors (Lipinski definition) is 2. The van der Waals surface area contributed by atoms with E-state index in [0.29, 0.717) is 22.8 Å². The minimum Gasteiger partial charge on any atom is -0.393 e. The fourth-order valence-electron chi connectivity index (χ4n) is 1.50. The zero-order valence-electron chi connectivity index (χ0n) is 10.7. The minimum atomic E-state index is -0.110. The van der Waals surface area contributed by atoms with Crippen LogP contribution in [-0.2, 0) is 0 Å². The normalized spacial score (nSPS) is 10.1. The first-order valence-corrected chi connectivity index (χ1v) is 6.29. The van der Waals surface area contributed by atoms with Crippen molar-refractivity contribution in [2.24, 2.45) is 5.73 Å². The van der Waals surface area contributed by atoms with Crippen LogP contribution in [-0.4, -0.2) is 27.6 Å². The van der Waals surface area contributed by atoms with Crippen molar-refractivity contribution in [3.05, 3.63) is 23.0 Å². The summed E-state index contributed by atoms with van der Waals surface area (Å²) in [5, 5.41) is 10.7. The Hall–Kier alpha value is -1.56. The quantitative estimate of drug-likeness (QED) is 0.599. The standard InChI is InChI=1S/C12H18N4OS/c1-8-7-10(9(2)16-15-8)12(17)14-6-4-3-5-11(13)18/h7H,3-6H2,1-2H3,(H2,13,18)(H,14,17). The molecular formula is C12H18N4OS. The van der Waals surface area contributed by atoms with E-state index in [1.807, 2.05) is 6.92 Å². The Balaban J connectivity index is 2.41. The van der Waals surface area contributed by atoms with Crippen LogP contribution in [0.1, 0.15) is 41.0 Å². The Morgan fingerprint density at radius 2 is 2.11 bits per heavy atom. The lowest BCUT2D eigenvalue weighted by molar-refractivity contribution is 0.0951. The maximum absolute atomic E-state index is 11.9. The topological polar surface area (TPSA) is 80.9 Å². The number of rotatable bonds is 6. The second-order valence-electron chi connectivity index (χ2n) is 4.16. The number of carbonyl (C=O) groups excluding carboxylic acids is 1. The van der Waals surface area contributed by atoms with Gasteiger partial charge in [0.05, 0.1) is 21.9 Å². The molecule has 0 aromatic carbocycles. The largest absolute Gasteiger partial charge is 0.393 e. The third-order valence-corrected chi connectivity index (χ3v) is 2.69. The molecule has 1 amide bonds. The summed E-state index contributed by atoms with van der Waals surface area (Å²) in [5.41, 5.74) is 7.35. The summed E-state index contributed by atoms with van der Waals surface area (Å²) in [6.45, 7) is 4.20. The van der Waals surface area contributed by atoms with Crippen molar-refractivity contribution in [3.8, 4) is 0 Å². The summed E-state index contributed by atoms with van der Waals surface area (Å²) >= 11 is 4.78. The smallest absolute Gasteiger partial charge is 0.253 e. The van der Waals surface area contributed by atoms with Crippen LogP contribution in [0.25, 0.3) is 0 Å². The monoisotopic (exact) mass is 266 g/mol. The van der Waals surface area contributed by atoms with Gasteiger partial charge in [0.2, 0.25) is 0 Å². The SMILES string of the molecule is Cc1cc(C(=O)NCCCCC(N)=S)c(C)nn1. The molecule has 0 fully saturated rings. The van der Waals surface area contributed by atoms with E-state index in [1.54, 1.807) is 13.0 Å². The summed E-state index contributed by atoms with van der Waals surface area (Å²) < 4.78 is 0. The van der Waals surface area contributed by atoms with E-state index in [2.05, 4.69) is 15.5 Å². The van der Waals surface area contributed by atoms with Crippen molar-refractivity contribution in [2.75, 3.05) is 6.54 Å². The number of nitrogens with two attached hydrogens (primary N) is 1. The van der Waals surface area contributed by atoms with Crippen molar-refractivity contribution in [1.29, 1.82) is 0 Å². The van der Waals surface area contributed by atoms with Crippen molar-refractivity contribution >= 4 is 23.1 Å². The highest BCUT2D eigenvalue weighted by atomic mass is 32.1. The van der Waals surface area contributed by atoms with Gasteiger partial charge < -0.3 is 11.1 Å². The molecule has 0 spiro atoms. The van der Waals surface area contributed by atoms with E-state index in [-0.39, 0.29) is 5.91 Å². The Morgan fingerprint density at radius 1 is 1.39 bits per heavy atom. The molecule has 0 saturated carbocycles. The fourth-order valence-corrected chi connectivity index (χ4v) is 1.65. The highest BCUT2D eigenvalue weighted by Crippen LogP contribution is 2.05. The Morgan fingerprint density at radius 3 is 2.78 bits per heavy atom. The van der Waals surface area contributed by atoms with Crippen LogP contribution in [0.5, 0.6) is 0 Å². The molecule has 5 nitrogen and oxygen atoms in total. The summed E-state index contributed by atoms with van der Waals surface area (Å²) in [7, 11) is 0. The van der Waals surface area contributed by atoms with E-state index in [1.165, 1.54) is 0 Å². The van der Waals surface area contributed by atoms with Crippen LogP contribution < -0.4 is 11.1 Å². The van der Waals surface area contributed by atoms with Gasteiger partial charge in [-0.2, -0.15) is 10.2 Å². The van der Waals surface area contributed by atoms with Gasteiger partial charge in [0.15, 0.2) is 0 Å². The molecule has 0 unspecified atom stereocenters. The number of amides is 1. The number of unbranched alkanes of at least 4 members (excludes halogenated alkanes) is 1. The number of nitrogens with one attached hydrogen (secondary N) is 1. The number of thiocarbonyl (C=S) groups is 1. The van der Waals surface area contributed by atoms with Crippen LogP contribution in [0.4, 0.5) is 0 Å². The molecule has 98 valence electrons. The van der Waals surface area contributed by atoms with Gasteiger partial charge >= 0.3 is 0 Å². The van der Waals surface area contributed by atoms with E-state index in [0.717, 1.165) is 25.0 Å². The molecule has 0 bridgehead atoms. The summed E-state index contributed by atoms with van der Waals surface area (Å²) in [6.07, 6.45) is 2.47. The zero-order chi connectivity index (χ0) is 13.5. The minimum absolute atomic E-state index is 0.110. The molecule has 3 N–H and O–H groups in total. The lowest BCUT2D eigenvalue weighted by Gasteiger charge is -2.07. The molecular weight excluding hydrogens is 248 g/mol. The maximum atomic E-state index is 11.9. The Bertz CT molecular complexity index is 448. The first-order valence-electron chi connectivity index (χ1n) is 5.88. The van der Waals surface area contributed by atoms with E-state index in [4.69, 9.17) is 18.0 Å². The van der Waals surface area contributed by atoms with Gasteiger partial charge in [-0.05, 0) is 39.2 Å². The fraction of sp³-hybridized carbons (Fsp3) is 0.500. The molecule has 1 rings (SSSR count). The zero-order valence-corrected chi connectivity index (χ0v) is 11.5. The molecule has 18 heavy (non-hydrogen) atoms. The molecule has 0 aliphatic carbocycles. The summed E-state index contributed by atoms with van der Waals surface area (Å²) in [6, 6.07) is 1.74. The summed E-state index contributed by atoms with van der Waals surface area (Å²) in [4.78, 5) is 12.4. The number of hydrogen-bond acceptors (Lipinski definition) is 4. The van der Waals surface area contributed by atoms with Gasteiger partial charge in [-0.25, -0.2) is 0 Å². The van der Waals surface area contributed by atoms with E-state index >= 15 is 0 Å². The second-order valence-corrected chi connectivity index (χ2v) is 4.69. The Labute approximate surface area is 112 Å². The van der Waals surface area contributed by atoms with E-state index in [9.17, 15) is 4.79 Å². The molecule has 0 aliphatic rings. The molecule has 6 heteroatoms. The van der Waals surface area contributed by atoms with Crippen molar-refractivity contribution in [2.45, 2.75) is 33.1 Å². The molecule has 1 aromatic heterocycles. The summed E-state index contributed by atoms with van der Waals surface area (Å²) in [5.74, 6) is -0.110. The first kappa shape index (κ1) is 14.5. The van der Waals surface area contributed by atoms with Crippen molar-refractivity contribution in [3.63, 3.8) is 0 Å². The third-order valence-electron chi connectivity index (χ3n) is 2.48. The number of carbonyl (C=O) groups is 1. The average molecular weight is 266 g/mol. The van der Waals surface area contributed by atoms with Crippen LogP contribution in [0.2, 0.25) is 0 Å². The van der Waals surface area contributed by atoms with Gasteiger partial charge in [-0.3, -0.25) is 4.79 Å². The molecule has 0 radical (unpaired) electrons. The van der Waals surface area contributed by atoms with Crippen LogP contribution in [0.3, 0.4) is 0 Å². The second kappa shape index (κ2) is 7.00. The highest BCUT2D eigenvalue weighted by molar-refractivity contribution is 7.80. The van der Waals surface area contributed by atoms with Gasteiger partial charge in [0, 0.05) is 6.54 Å². The lowest BCUT2D eigenvalue weighted by atomic mass is 10.2. The highest BCUT2D eigenvalue weighted by Gasteiger charge is 2.10. The van der Waals surface area contributed by atoms with Crippen LogP contribution >= 0.6 is 12.2 Å². The first-order chi connectivity index (χ1) is 8.50. The number of aromatic nitrogens is 2. The van der Waals surface area contributed by atoms with Gasteiger partial charge in [-0.1, -0.05) is 12.2 Å². The van der Waals surface area contributed by atoms with Crippen molar-refractivity contribution < 1.29 is 4.79 Å². The molecule has 1 heterocycles. The molecule has 0 aliphatic heterocycles. The molecule has 0 saturated heterocycles. The van der Waals surface area contributed by atoms with Crippen LogP contribution in [0.15, 0.2) is 6.07 Å². The molecule has 1 aromatic rings. The van der Waals surface area contributed by atoms with E-state index < -0.39 is 0 Å².